The van der Waals surface area contributed by atoms with Crippen molar-refractivity contribution in [1.29, 1.82) is 0 Å². The van der Waals surface area contributed by atoms with Gasteiger partial charge in [0.15, 0.2) is 0 Å². The molecular weight excluding hydrogens is 296 g/mol. The number of nitrogens with one attached hydrogen (secondary N) is 1. The maximum Gasteiger partial charge on any atom is 0.250 e. The van der Waals surface area contributed by atoms with Crippen LogP contribution in [0, 0.1) is 0 Å². The van der Waals surface area contributed by atoms with E-state index in [1.807, 2.05) is 54.6 Å². The predicted octanol–water partition coefficient (Wildman–Crippen LogP) is 3.08. The zero-order valence-corrected chi connectivity index (χ0v) is 13.2. The fourth-order valence-electron chi connectivity index (χ4n) is 1.77. The number of hydrazone groups is 1. The largest absolute Gasteiger partial charge is 0.497 e. The minimum Gasteiger partial charge on any atom is -0.497 e. The highest BCUT2D eigenvalue weighted by Gasteiger charge is 2.00. The van der Waals surface area contributed by atoms with Crippen molar-refractivity contribution in [2.24, 2.45) is 5.10 Å². The smallest absolute Gasteiger partial charge is 0.250 e. The lowest BCUT2D eigenvalue weighted by atomic mass is 10.2. The zero-order valence-electron chi connectivity index (χ0n) is 12.4. The molecule has 1 N–H and O–H groups in total. The summed E-state index contributed by atoms with van der Waals surface area (Å²) in [5, 5.41) is 3.95. The molecule has 2 rings (SSSR count). The van der Waals surface area contributed by atoms with Crippen molar-refractivity contribution in [3.05, 3.63) is 65.7 Å². The Hall–Kier alpha value is -2.27. The van der Waals surface area contributed by atoms with Gasteiger partial charge in [0.1, 0.15) is 5.75 Å². The number of amides is 1. The number of nitrogens with zero attached hydrogens (tertiary/aromatic N) is 1. The molecule has 0 saturated carbocycles. The summed E-state index contributed by atoms with van der Waals surface area (Å²) in [5.74, 6) is 1.84. The van der Waals surface area contributed by atoms with Gasteiger partial charge in [-0.25, -0.2) is 5.43 Å². The zero-order chi connectivity index (χ0) is 15.6. The first-order valence-corrected chi connectivity index (χ1v) is 8.01. The number of hydrogen-bond acceptors (Lipinski definition) is 4. The molecule has 22 heavy (non-hydrogen) atoms. The second-order valence-electron chi connectivity index (χ2n) is 4.55. The van der Waals surface area contributed by atoms with E-state index in [1.165, 1.54) is 5.56 Å². The molecule has 0 aliphatic heterocycles. The van der Waals surface area contributed by atoms with E-state index in [0.29, 0.717) is 5.75 Å². The standard InChI is InChI=1S/C17H18N2O2S/c1-21-16-9-5-8-15(10-16)11-18-19-17(20)13-22-12-14-6-3-2-4-7-14/h2-11H,12-13H2,1H3,(H,19,20)/b18-11-. The molecule has 0 aromatic heterocycles. The van der Waals surface area contributed by atoms with Crippen LogP contribution in [0.2, 0.25) is 0 Å². The lowest BCUT2D eigenvalue weighted by Crippen LogP contribution is -2.19. The molecule has 0 radical (unpaired) electrons. The highest BCUT2D eigenvalue weighted by molar-refractivity contribution is 7.99. The van der Waals surface area contributed by atoms with E-state index in [0.717, 1.165) is 17.1 Å². The molecule has 0 saturated heterocycles. The van der Waals surface area contributed by atoms with Crippen LogP contribution in [0.3, 0.4) is 0 Å². The van der Waals surface area contributed by atoms with Crippen molar-refractivity contribution in [2.45, 2.75) is 5.75 Å². The third kappa shape index (κ3) is 5.61. The molecule has 0 unspecified atom stereocenters. The summed E-state index contributed by atoms with van der Waals surface area (Å²) in [7, 11) is 1.61. The third-order valence-corrected chi connectivity index (χ3v) is 3.85. The molecule has 2 aromatic carbocycles. The highest BCUT2D eigenvalue weighted by Crippen LogP contribution is 2.11. The van der Waals surface area contributed by atoms with Crippen molar-refractivity contribution < 1.29 is 9.53 Å². The van der Waals surface area contributed by atoms with Crippen LogP contribution in [0.15, 0.2) is 59.7 Å². The van der Waals surface area contributed by atoms with E-state index in [-0.39, 0.29) is 5.91 Å². The van der Waals surface area contributed by atoms with Crippen molar-refractivity contribution >= 4 is 23.9 Å². The molecule has 0 aliphatic rings. The Kier molecular flexibility index (Phi) is 6.51. The van der Waals surface area contributed by atoms with E-state index < -0.39 is 0 Å². The van der Waals surface area contributed by atoms with Crippen molar-refractivity contribution in [3.8, 4) is 5.75 Å². The summed E-state index contributed by atoms with van der Waals surface area (Å²) in [6.07, 6.45) is 1.60. The summed E-state index contributed by atoms with van der Waals surface area (Å²) in [4.78, 5) is 11.7. The Morgan fingerprint density at radius 2 is 2.05 bits per heavy atom. The normalized spacial score (nSPS) is 10.6. The Labute approximate surface area is 134 Å². The molecule has 0 spiro atoms. The molecule has 4 nitrogen and oxygen atoms in total. The van der Waals surface area contributed by atoms with Crippen LogP contribution in [0.4, 0.5) is 0 Å². The van der Waals surface area contributed by atoms with Gasteiger partial charge < -0.3 is 4.74 Å². The molecule has 0 atom stereocenters. The van der Waals surface area contributed by atoms with Crippen LogP contribution in [0.1, 0.15) is 11.1 Å². The summed E-state index contributed by atoms with van der Waals surface area (Å²) in [6.45, 7) is 0. The first-order chi connectivity index (χ1) is 10.8. The van der Waals surface area contributed by atoms with E-state index >= 15 is 0 Å². The number of ether oxygens (including phenoxy) is 1. The molecule has 5 heteroatoms. The lowest BCUT2D eigenvalue weighted by Gasteiger charge is -2.02. The predicted molar refractivity (Wildman–Crippen MR) is 91.3 cm³/mol. The maximum atomic E-state index is 11.7. The summed E-state index contributed by atoms with van der Waals surface area (Å²) < 4.78 is 5.13. The summed E-state index contributed by atoms with van der Waals surface area (Å²) >= 11 is 1.56. The van der Waals surface area contributed by atoms with Gasteiger partial charge >= 0.3 is 0 Å². The maximum absolute atomic E-state index is 11.7. The van der Waals surface area contributed by atoms with Crippen molar-refractivity contribution in [2.75, 3.05) is 12.9 Å². The molecule has 0 heterocycles. The van der Waals surface area contributed by atoms with Crippen LogP contribution in [0.5, 0.6) is 5.75 Å². The number of carbonyl (C=O) groups is 1. The Bertz CT molecular complexity index is 630. The molecule has 0 bridgehead atoms. The van der Waals surface area contributed by atoms with Crippen LogP contribution >= 0.6 is 11.8 Å². The second-order valence-corrected chi connectivity index (χ2v) is 5.53. The molecular formula is C17H18N2O2S. The van der Waals surface area contributed by atoms with Crippen molar-refractivity contribution in [3.63, 3.8) is 0 Å². The topological polar surface area (TPSA) is 50.7 Å². The number of hydrogen-bond donors (Lipinski definition) is 1. The number of thioether (sulfide) groups is 1. The highest BCUT2D eigenvalue weighted by atomic mass is 32.2. The third-order valence-electron chi connectivity index (χ3n) is 2.84. The lowest BCUT2D eigenvalue weighted by molar-refractivity contribution is -0.118. The first-order valence-electron chi connectivity index (χ1n) is 6.85. The van der Waals surface area contributed by atoms with Gasteiger partial charge in [-0.15, -0.1) is 11.8 Å². The van der Waals surface area contributed by atoms with E-state index in [4.69, 9.17) is 4.74 Å². The monoisotopic (exact) mass is 314 g/mol. The van der Waals surface area contributed by atoms with Crippen LogP contribution < -0.4 is 10.2 Å². The van der Waals surface area contributed by atoms with Gasteiger partial charge in [0.25, 0.3) is 0 Å². The SMILES string of the molecule is COc1cccc(/C=N\NC(=O)CSCc2ccccc2)c1. The van der Waals surface area contributed by atoms with Gasteiger partial charge in [-0.3, -0.25) is 4.79 Å². The number of rotatable bonds is 7. The Balaban J connectivity index is 1.72. The molecule has 114 valence electrons. The second kappa shape index (κ2) is 8.89. The molecule has 0 fully saturated rings. The number of methoxy groups -OCH3 is 1. The van der Waals surface area contributed by atoms with Gasteiger partial charge in [0, 0.05) is 5.75 Å². The molecule has 1 amide bonds. The van der Waals surface area contributed by atoms with Gasteiger partial charge in [-0.1, -0.05) is 42.5 Å². The van der Waals surface area contributed by atoms with Crippen LogP contribution in [-0.2, 0) is 10.5 Å². The van der Waals surface area contributed by atoms with Gasteiger partial charge in [0.2, 0.25) is 5.91 Å². The fraction of sp³-hybridized carbons (Fsp3) is 0.176. The molecule has 2 aromatic rings. The number of carbonyl (C=O) groups excluding carboxylic acids is 1. The first kappa shape index (κ1) is 16.1. The Morgan fingerprint density at radius 3 is 2.82 bits per heavy atom. The average molecular weight is 314 g/mol. The quantitative estimate of drug-likeness (QED) is 0.631. The van der Waals surface area contributed by atoms with E-state index in [2.05, 4.69) is 10.5 Å². The summed E-state index contributed by atoms with van der Waals surface area (Å²) in [5.41, 5.74) is 4.60. The minimum atomic E-state index is -0.111. The van der Waals surface area contributed by atoms with Crippen LogP contribution in [0.25, 0.3) is 0 Å². The van der Waals surface area contributed by atoms with E-state index in [1.54, 1.807) is 25.1 Å². The number of benzene rings is 2. The summed E-state index contributed by atoms with van der Waals surface area (Å²) in [6, 6.07) is 17.5. The van der Waals surface area contributed by atoms with Crippen LogP contribution in [-0.4, -0.2) is 25.0 Å². The van der Waals surface area contributed by atoms with E-state index in [9.17, 15) is 4.79 Å². The van der Waals surface area contributed by atoms with Gasteiger partial charge in [-0.2, -0.15) is 5.10 Å². The van der Waals surface area contributed by atoms with Gasteiger partial charge in [-0.05, 0) is 23.3 Å². The minimum absolute atomic E-state index is 0.111. The molecule has 0 aliphatic carbocycles. The average Bonchev–Trinajstić information content (AvgIpc) is 2.56. The Morgan fingerprint density at radius 1 is 1.23 bits per heavy atom. The fourth-order valence-corrected chi connectivity index (χ4v) is 2.55. The van der Waals surface area contributed by atoms with Gasteiger partial charge in [0.05, 0.1) is 19.1 Å². The van der Waals surface area contributed by atoms with Crippen molar-refractivity contribution in [1.82, 2.24) is 5.43 Å².